The molecule has 0 bridgehead atoms. The number of aryl methyl sites for hydroxylation is 1. The SMILES string of the molecule is Cn1cncc1C(O)(c1ccc(Cl)nc1)c1cccc2c(-c3cccc(Cl)c3)cc(=O)n(CC3CC3)c12. The van der Waals surface area contributed by atoms with E-state index in [0.717, 1.165) is 29.4 Å². The molecule has 1 atom stereocenters. The Morgan fingerprint density at radius 2 is 1.86 bits per heavy atom. The first-order chi connectivity index (χ1) is 17.9. The van der Waals surface area contributed by atoms with Gasteiger partial charge in [-0.25, -0.2) is 9.97 Å². The molecule has 8 heteroatoms. The van der Waals surface area contributed by atoms with E-state index in [9.17, 15) is 9.90 Å². The van der Waals surface area contributed by atoms with Crippen molar-refractivity contribution in [2.24, 2.45) is 13.0 Å². The maximum atomic E-state index is 13.7. The lowest BCUT2D eigenvalue weighted by molar-refractivity contribution is 0.118. The van der Waals surface area contributed by atoms with Crippen LogP contribution in [-0.4, -0.2) is 24.2 Å². The summed E-state index contributed by atoms with van der Waals surface area (Å²) in [5.41, 5.74) is 2.13. The minimum atomic E-state index is -1.66. The smallest absolute Gasteiger partial charge is 0.251 e. The number of hydrogen-bond donors (Lipinski definition) is 1. The van der Waals surface area contributed by atoms with Gasteiger partial charge in [-0.05, 0) is 48.1 Å². The highest BCUT2D eigenvalue weighted by Crippen LogP contribution is 2.42. The molecule has 186 valence electrons. The first-order valence-electron chi connectivity index (χ1n) is 12.1. The van der Waals surface area contributed by atoms with Gasteiger partial charge in [-0.1, -0.05) is 59.6 Å². The molecule has 0 amide bonds. The predicted octanol–water partition coefficient (Wildman–Crippen LogP) is 5.80. The summed E-state index contributed by atoms with van der Waals surface area (Å²) in [6.07, 6.45) is 7.01. The Kier molecular flexibility index (Phi) is 5.91. The lowest BCUT2D eigenvalue weighted by Crippen LogP contribution is -2.33. The monoisotopic (exact) mass is 530 g/mol. The van der Waals surface area contributed by atoms with Crippen LogP contribution in [0.4, 0.5) is 0 Å². The van der Waals surface area contributed by atoms with Gasteiger partial charge in [0.05, 0.1) is 23.7 Å². The molecule has 1 unspecified atom stereocenters. The normalized spacial score (nSPS) is 15.1. The molecule has 1 saturated carbocycles. The molecule has 2 aromatic carbocycles. The van der Waals surface area contributed by atoms with Crippen molar-refractivity contribution in [1.29, 1.82) is 0 Å². The van der Waals surface area contributed by atoms with Gasteiger partial charge in [-0.15, -0.1) is 0 Å². The largest absolute Gasteiger partial charge is 0.374 e. The molecule has 1 fully saturated rings. The Labute approximate surface area is 223 Å². The van der Waals surface area contributed by atoms with E-state index in [1.165, 1.54) is 0 Å². The van der Waals surface area contributed by atoms with Crippen LogP contribution < -0.4 is 5.56 Å². The number of halogens is 2. The van der Waals surface area contributed by atoms with Crippen molar-refractivity contribution in [3.05, 3.63) is 117 Å². The highest BCUT2D eigenvalue weighted by molar-refractivity contribution is 6.31. The first-order valence-corrected chi connectivity index (χ1v) is 12.9. The summed E-state index contributed by atoms with van der Waals surface area (Å²) in [5, 5.41) is 14.4. The summed E-state index contributed by atoms with van der Waals surface area (Å²) in [7, 11) is 1.83. The summed E-state index contributed by atoms with van der Waals surface area (Å²) >= 11 is 12.4. The Bertz CT molecular complexity index is 1690. The lowest BCUT2D eigenvalue weighted by atomic mass is 9.82. The third kappa shape index (κ3) is 4.15. The number of hydrogen-bond acceptors (Lipinski definition) is 4. The van der Waals surface area contributed by atoms with Gasteiger partial charge in [0, 0.05) is 47.4 Å². The van der Waals surface area contributed by atoms with Gasteiger partial charge in [0.15, 0.2) is 5.60 Å². The second kappa shape index (κ2) is 9.14. The van der Waals surface area contributed by atoms with Crippen LogP contribution in [0.1, 0.15) is 29.7 Å². The molecule has 1 aliphatic rings. The van der Waals surface area contributed by atoms with Crippen LogP contribution in [-0.2, 0) is 19.2 Å². The molecule has 0 saturated heterocycles. The van der Waals surface area contributed by atoms with Crippen LogP contribution in [0.25, 0.3) is 22.0 Å². The molecule has 37 heavy (non-hydrogen) atoms. The maximum absolute atomic E-state index is 13.7. The second-order valence-corrected chi connectivity index (χ2v) is 10.5. The number of imidazole rings is 1. The van der Waals surface area contributed by atoms with E-state index in [1.54, 1.807) is 46.1 Å². The summed E-state index contributed by atoms with van der Waals surface area (Å²) in [4.78, 5) is 22.2. The van der Waals surface area contributed by atoms with Gasteiger partial charge in [0.25, 0.3) is 5.56 Å². The minimum Gasteiger partial charge on any atom is -0.374 e. The number of nitrogens with zero attached hydrogens (tertiary/aromatic N) is 4. The van der Waals surface area contributed by atoms with Gasteiger partial charge in [0.1, 0.15) is 5.15 Å². The van der Waals surface area contributed by atoms with Crippen molar-refractivity contribution in [1.82, 2.24) is 19.1 Å². The number of para-hydroxylation sites is 1. The standard InChI is InChI=1S/C29H24Cl2N4O2/c1-34-17-32-15-25(34)29(37,20-10-11-26(31)33-14-20)24-7-3-6-22-23(19-4-2-5-21(30)12-19)13-27(36)35(28(22)24)16-18-8-9-18/h2-7,10-15,17-18,37H,8-9,16H2,1H3. The molecular formula is C29H24Cl2N4O2. The number of benzene rings is 2. The Hall–Kier alpha value is -3.45. The molecule has 0 aliphatic heterocycles. The average Bonchev–Trinajstić information content (AvgIpc) is 3.61. The molecule has 1 aliphatic carbocycles. The molecule has 3 heterocycles. The van der Waals surface area contributed by atoms with E-state index in [2.05, 4.69) is 9.97 Å². The summed E-state index contributed by atoms with van der Waals surface area (Å²) < 4.78 is 3.58. The number of pyridine rings is 2. The van der Waals surface area contributed by atoms with Gasteiger partial charge < -0.3 is 14.2 Å². The zero-order chi connectivity index (χ0) is 25.7. The number of aromatic nitrogens is 4. The summed E-state index contributed by atoms with van der Waals surface area (Å²) in [6, 6.07) is 18.3. The molecule has 6 nitrogen and oxygen atoms in total. The van der Waals surface area contributed by atoms with Gasteiger partial charge in [0.2, 0.25) is 0 Å². The summed E-state index contributed by atoms with van der Waals surface area (Å²) in [6.45, 7) is 0.586. The topological polar surface area (TPSA) is 72.9 Å². The zero-order valence-electron chi connectivity index (χ0n) is 20.1. The van der Waals surface area contributed by atoms with E-state index in [0.29, 0.717) is 45.0 Å². The minimum absolute atomic E-state index is 0.122. The Morgan fingerprint density at radius 1 is 1.05 bits per heavy atom. The van der Waals surface area contributed by atoms with Crippen molar-refractivity contribution in [2.45, 2.75) is 25.0 Å². The van der Waals surface area contributed by atoms with Crippen molar-refractivity contribution in [3.8, 4) is 11.1 Å². The van der Waals surface area contributed by atoms with Crippen LogP contribution in [0.2, 0.25) is 10.2 Å². The van der Waals surface area contributed by atoms with Crippen molar-refractivity contribution >= 4 is 34.1 Å². The van der Waals surface area contributed by atoms with Crippen molar-refractivity contribution in [2.75, 3.05) is 0 Å². The summed E-state index contributed by atoms with van der Waals surface area (Å²) in [5.74, 6) is 0.438. The fraction of sp³-hybridized carbons (Fsp3) is 0.207. The van der Waals surface area contributed by atoms with Crippen LogP contribution in [0.15, 0.2) is 84.2 Å². The highest BCUT2D eigenvalue weighted by Gasteiger charge is 2.39. The van der Waals surface area contributed by atoms with E-state index >= 15 is 0 Å². The number of fused-ring (bicyclic) bond motifs is 1. The average molecular weight is 531 g/mol. The number of rotatable bonds is 6. The Morgan fingerprint density at radius 3 is 2.54 bits per heavy atom. The maximum Gasteiger partial charge on any atom is 0.251 e. The molecule has 6 rings (SSSR count). The quantitative estimate of drug-likeness (QED) is 0.281. The van der Waals surface area contributed by atoms with Gasteiger partial charge in [-0.2, -0.15) is 0 Å². The van der Waals surface area contributed by atoms with Gasteiger partial charge in [-0.3, -0.25) is 4.79 Å². The van der Waals surface area contributed by atoms with E-state index in [-0.39, 0.29) is 5.56 Å². The molecule has 0 radical (unpaired) electrons. The third-order valence-corrected chi connectivity index (χ3v) is 7.58. The highest BCUT2D eigenvalue weighted by atomic mass is 35.5. The zero-order valence-corrected chi connectivity index (χ0v) is 21.6. The lowest BCUT2D eigenvalue weighted by Gasteiger charge is -2.31. The third-order valence-electron chi connectivity index (χ3n) is 7.13. The van der Waals surface area contributed by atoms with E-state index in [1.807, 2.05) is 49.5 Å². The van der Waals surface area contributed by atoms with Gasteiger partial charge >= 0.3 is 0 Å². The van der Waals surface area contributed by atoms with E-state index < -0.39 is 5.60 Å². The van der Waals surface area contributed by atoms with Crippen molar-refractivity contribution in [3.63, 3.8) is 0 Å². The fourth-order valence-corrected chi connectivity index (χ4v) is 5.41. The number of aliphatic hydroxyl groups is 1. The Balaban J connectivity index is 1.73. The molecule has 0 spiro atoms. The van der Waals surface area contributed by atoms with E-state index in [4.69, 9.17) is 23.2 Å². The van der Waals surface area contributed by atoms with Crippen LogP contribution in [0.5, 0.6) is 0 Å². The second-order valence-electron chi connectivity index (χ2n) is 9.63. The van der Waals surface area contributed by atoms with Crippen molar-refractivity contribution < 1.29 is 5.11 Å². The molecular weight excluding hydrogens is 507 g/mol. The van der Waals surface area contributed by atoms with Crippen LogP contribution in [0, 0.1) is 5.92 Å². The molecule has 5 aromatic rings. The van der Waals surface area contributed by atoms with Crippen LogP contribution >= 0.6 is 23.2 Å². The predicted molar refractivity (Wildman–Crippen MR) is 146 cm³/mol. The fourth-order valence-electron chi connectivity index (χ4n) is 5.10. The molecule has 1 N–H and O–H groups in total. The first kappa shape index (κ1) is 23.9. The molecule has 3 aromatic heterocycles. The van der Waals surface area contributed by atoms with Crippen LogP contribution in [0.3, 0.4) is 0 Å².